The van der Waals surface area contributed by atoms with Crippen molar-refractivity contribution in [2.45, 2.75) is 5.54 Å². The number of Topliss-reactive ketones (excluding diaryl/α,β-unsaturated/α-hetero) is 3. The van der Waals surface area contributed by atoms with Gasteiger partial charge in [0, 0.05) is 21.2 Å². The molecule has 0 atom stereocenters. The van der Waals surface area contributed by atoms with Gasteiger partial charge in [-0.1, -0.05) is 107 Å². The lowest BCUT2D eigenvalue weighted by Gasteiger charge is -2.25. The van der Waals surface area contributed by atoms with E-state index >= 15 is 0 Å². The Balaban J connectivity index is 1.97. The molecule has 0 heterocycles. The monoisotopic (exact) mass is 510 g/mol. The Morgan fingerprint density at radius 3 is 1.24 bits per heavy atom. The maximum absolute atomic E-state index is 14.0. The summed E-state index contributed by atoms with van der Waals surface area (Å²) in [4.78, 5) is 41.9. The molecule has 4 aromatic rings. The lowest BCUT2D eigenvalue weighted by Crippen LogP contribution is -2.52. The summed E-state index contributed by atoms with van der Waals surface area (Å²) in [5.41, 5.74) is -1.48. The predicted octanol–water partition coefficient (Wildman–Crippen LogP) is 6.92. The second-order valence-corrected chi connectivity index (χ2v) is 8.39. The number of hydrogen-bond donors (Lipinski definition) is 0. The molecule has 0 aliphatic heterocycles. The third-order valence-corrected chi connectivity index (χ3v) is 5.76. The predicted molar refractivity (Wildman–Crippen MR) is 134 cm³/mol. The van der Waals surface area contributed by atoms with Gasteiger partial charge in [-0.3, -0.25) is 14.4 Å². The minimum atomic E-state index is -2.43. The van der Waals surface area contributed by atoms with Crippen molar-refractivity contribution >= 4 is 39.0 Å². The second kappa shape index (κ2) is 10.3. The fourth-order valence-corrected chi connectivity index (χ4v) is 3.75. The quantitative estimate of drug-likeness (QED) is 0.146. The summed E-state index contributed by atoms with van der Waals surface area (Å²) < 4.78 is 0.832. The Kier molecular flexibility index (Phi) is 6.99. The lowest BCUT2D eigenvalue weighted by molar-refractivity contribution is 0.0689. The van der Waals surface area contributed by atoms with Gasteiger partial charge in [0.1, 0.15) is 0 Å². The van der Waals surface area contributed by atoms with Gasteiger partial charge in [-0.15, -0.1) is 0 Å². The van der Waals surface area contributed by atoms with Gasteiger partial charge in [0.25, 0.3) is 5.54 Å². The Bertz CT molecular complexity index is 1210. The van der Waals surface area contributed by atoms with Gasteiger partial charge < -0.3 is 0 Å². The van der Waals surface area contributed by atoms with Crippen LogP contribution in [-0.4, -0.2) is 22.9 Å². The number of carbonyl (C=O) groups excluding carboxylic acids is 3. The van der Waals surface area contributed by atoms with Gasteiger partial charge in [0.05, 0.1) is 5.69 Å². The first-order valence-corrected chi connectivity index (χ1v) is 11.3. The SMILES string of the molecule is O=C(c1ccccc1)C(N=Nc1ccc(Br)cc1)(C(=O)c1ccccc1)C(=O)c1ccccc1. The van der Waals surface area contributed by atoms with Gasteiger partial charge in [-0.25, -0.2) is 0 Å². The maximum Gasteiger partial charge on any atom is 0.268 e. The van der Waals surface area contributed by atoms with Crippen molar-refractivity contribution in [3.8, 4) is 0 Å². The molecule has 0 radical (unpaired) electrons. The highest BCUT2D eigenvalue weighted by atomic mass is 79.9. The molecule has 166 valence electrons. The van der Waals surface area contributed by atoms with E-state index in [4.69, 9.17) is 0 Å². The largest absolute Gasteiger partial charge is 0.290 e. The van der Waals surface area contributed by atoms with E-state index in [2.05, 4.69) is 26.2 Å². The third-order valence-electron chi connectivity index (χ3n) is 5.24. The standard InChI is InChI=1S/C28H19BrN2O3/c29-23-16-18-24(19-17-23)30-31-28(25(32)20-10-4-1-5-11-20,26(33)21-12-6-2-7-13-21)27(34)22-14-8-3-9-15-22/h1-19H. The number of rotatable bonds is 8. The van der Waals surface area contributed by atoms with Crippen LogP contribution >= 0.6 is 15.9 Å². The van der Waals surface area contributed by atoms with E-state index in [0.717, 1.165) is 4.47 Å². The number of azo groups is 1. The maximum atomic E-state index is 14.0. The van der Waals surface area contributed by atoms with Crippen LogP contribution in [0.5, 0.6) is 0 Å². The van der Waals surface area contributed by atoms with Crippen LogP contribution < -0.4 is 0 Å². The molecule has 0 aliphatic rings. The number of halogens is 1. The van der Waals surface area contributed by atoms with Crippen LogP contribution in [-0.2, 0) is 0 Å². The smallest absolute Gasteiger partial charge is 0.268 e. The average Bonchev–Trinajstić information content (AvgIpc) is 2.91. The van der Waals surface area contributed by atoms with Gasteiger partial charge in [0.15, 0.2) is 0 Å². The minimum absolute atomic E-state index is 0.186. The molecular formula is C28H19BrN2O3. The molecule has 6 heteroatoms. The van der Waals surface area contributed by atoms with Crippen molar-refractivity contribution in [2.75, 3.05) is 0 Å². The van der Waals surface area contributed by atoms with E-state index in [1.165, 1.54) is 0 Å². The number of benzene rings is 4. The molecule has 0 N–H and O–H groups in total. The molecule has 4 aromatic carbocycles. The third kappa shape index (κ3) is 4.67. The Morgan fingerprint density at radius 1 is 0.529 bits per heavy atom. The van der Waals surface area contributed by atoms with Crippen LogP contribution in [0.1, 0.15) is 31.1 Å². The Morgan fingerprint density at radius 2 is 0.882 bits per heavy atom. The molecule has 0 unspecified atom stereocenters. The minimum Gasteiger partial charge on any atom is -0.290 e. The first-order valence-electron chi connectivity index (χ1n) is 10.5. The lowest BCUT2D eigenvalue weighted by atomic mass is 9.77. The zero-order valence-electron chi connectivity index (χ0n) is 18.0. The number of nitrogens with zero attached hydrogens (tertiary/aromatic N) is 2. The summed E-state index contributed by atoms with van der Waals surface area (Å²) in [5.74, 6) is -2.22. The number of hydrogen-bond acceptors (Lipinski definition) is 5. The van der Waals surface area contributed by atoms with Crippen molar-refractivity contribution in [1.82, 2.24) is 0 Å². The van der Waals surface area contributed by atoms with E-state index in [1.54, 1.807) is 115 Å². The molecule has 34 heavy (non-hydrogen) atoms. The summed E-state index contributed by atoms with van der Waals surface area (Å²) in [6.07, 6.45) is 0. The fraction of sp³-hybridized carbons (Fsp3) is 0.0357. The fourth-order valence-electron chi connectivity index (χ4n) is 3.48. The second-order valence-electron chi connectivity index (χ2n) is 7.47. The molecule has 0 fully saturated rings. The van der Waals surface area contributed by atoms with Crippen molar-refractivity contribution in [3.63, 3.8) is 0 Å². The molecule has 0 amide bonds. The number of carbonyl (C=O) groups is 3. The zero-order chi connectivity index (χ0) is 24.0. The first kappa shape index (κ1) is 23.1. The van der Waals surface area contributed by atoms with Crippen molar-refractivity contribution < 1.29 is 14.4 Å². The van der Waals surface area contributed by atoms with Gasteiger partial charge in [-0.2, -0.15) is 10.2 Å². The van der Waals surface area contributed by atoms with E-state index in [9.17, 15) is 14.4 Å². The highest BCUT2D eigenvalue weighted by Crippen LogP contribution is 2.30. The van der Waals surface area contributed by atoms with Crippen LogP contribution in [0.25, 0.3) is 0 Å². The molecule has 0 spiro atoms. The molecular weight excluding hydrogens is 492 g/mol. The van der Waals surface area contributed by atoms with Crippen LogP contribution in [0, 0.1) is 0 Å². The van der Waals surface area contributed by atoms with Gasteiger partial charge >= 0.3 is 0 Å². The van der Waals surface area contributed by atoms with Crippen LogP contribution in [0.15, 0.2) is 130 Å². The van der Waals surface area contributed by atoms with Crippen molar-refractivity contribution in [2.24, 2.45) is 10.2 Å². The Hall–Kier alpha value is -4.03. The van der Waals surface area contributed by atoms with Crippen molar-refractivity contribution in [3.05, 3.63) is 136 Å². The highest BCUT2D eigenvalue weighted by Gasteiger charge is 2.54. The summed E-state index contributed by atoms with van der Waals surface area (Å²) in [6.45, 7) is 0. The molecule has 5 nitrogen and oxygen atoms in total. The summed E-state index contributed by atoms with van der Waals surface area (Å²) in [6, 6.07) is 31.5. The van der Waals surface area contributed by atoms with E-state index in [0.29, 0.717) is 5.69 Å². The summed E-state index contributed by atoms with van der Waals surface area (Å²) in [5, 5.41) is 8.45. The van der Waals surface area contributed by atoms with Crippen LogP contribution in [0.3, 0.4) is 0 Å². The molecule has 0 saturated heterocycles. The Labute approximate surface area is 205 Å². The summed E-state index contributed by atoms with van der Waals surface area (Å²) in [7, 11) is 0. The molecule has 0 aromatic heterocycles. The molecule has 0 saturated carbocycles. The molecule has 0 bridgehead atoms. The normalized spacial score (nSPS) is 11.3. The van der Waals surface area contributed by atoms with Crippen molar-refractivity contribution in [1.29, 1.82) is 0 Å². The van der Waals surface area contributed by atoms with E-state index in [1.807, 2.05) is 0 Å². The first-order chi connectivity index (χ1) is 16.5. The molecule has 4 rings (SSSR count). The summed E-state index contributed by atoms with van der Waals surface area (Å²) >= 11 is 3.36. The van der Waals surface area contributed by atoms with E-state index in [-0.39, 0.29) is 16.7 Å². The van der Waals surface area contributed by atoms with Crippen LogP contribution in [0.4, 0.5) is 5.69 Å². The molecule has 0 aliphatic carbocycles. The average molecular weight is 511 g/mol. The highest BCUT2D eigenvalue weighted by molar-refractivity contribution is 9.10. The van der Waals surface area contributed by atoms with Gasteiger partial charge in [-0.05, 0) is 24.3 Å². The topological polar surface area (TPSA) is 75.9 Å². The zero-order valence-corrected chi connectivity index (χ0v) is 19.6. The van der Waals surface area contributed by atoms with E-state index < -0.39 is 22.9 Å². The van der Waals surface area contributed by atoms with Gasteiger partial charge in [0.2, 0.25) is 17.3 Å². The van der Waals surface area contributed by atoms with Crippen LogP contribution in [0.2, 0.25) is 0 Å². The number of ketones is 3.